The molecule has 0 saturated heterocycles. The molecule has 0 spiro atoms. The minimum atomic E-state index is 0.891. The lowest BCUT2D eigenvalue weighted by molar-refractivity contribution is 0.611. The van der Waals surface area contributed by atoms with Crippen LogP contribution in [0.1, 0.15) is 69.6 Å². The van der Waals surface area contributed by atoms with Gasteiger partial charge in [-0.15, -0.1) is 11.3 Å². The zero-order chi connectivity index (χ0) is 54.6. The van der Waals surface area contributed by atoms with Crippen LogP contribution in [0.2, 0.25) is 0 Å². The van der Waals surface area contributed by atoms with Crippen molar-refractivity contribution in [3.05, 3.63) is 215 Å². The summed E-state index contributed by atoms with van der Waals surface area (Å²) in [6.07, 6.45) is 23.6. The molecule has 0 radical (unpaired) electrons. The van der Waals surface area contributed by atoms with E-state index in [1.54, 1.807) is 55.1 Å². The molecule has 0 aliphatic rings. The van der Waals surface area contributed by atoms with Crippen molar-refractivity contribution in [3.8, 4) is 0 Å². The number of fused-ring (bicyclic) bond motifs is 5. The third kappa shape index (κ3) is 16.1. The molecule has 0 fully saturated rings. The first-order valence-corrected chi connectivity index (χ1v) is 25.5. The molecule has 2 N–H and O–H groups in total. The Balaban J connectivity index is 0.000000142. The monoisotopic (exact) mass is 1030 g/mol. The standard InChI is InChI=1S/C10H11N.C9H11N.C8H9N3.2C8H7NO.C7H6N2S.2C5H8N2/c1-8-4-3-5-10-9(8)6-7-11(10)2;1-3-5-9-6-4-7-10-8(9)2;1-5-3-7-6(2)9-4-10-8(7)11-5;1-6-7-3-5-10-8(7)2-4-9-6;1-6-8-7(2-4-9-6)3-5-10-8;1-5-6-2-3-10-7(6)9-4-8-5;1-5-6-3-4-7(5)2;1-4-3-6-5(2)7-4/h3-7H,1-2H3;3-7H,1-2H3;3-4H,1-2H3,(H,9,10,11);2*2-5H,1H3;2-4H,1H3;3-4H,1-2H3;3H,1-2H3,(H,6,7). The Bertz CT molecular complexity index is 3650. The molecule has 0 amide bonds. The highest BCUT2D eigenvalue weighted by Crippen LogP contribution is 2.21. The van der Waals surface area contributed by atoms with Crippen molar-refractivity contribution in [2.75, 3.05) is 0 Å². The highest BCUT2D eigenvalue weighted by Gasteiger charge is 2.02. The summed E-state index contributed by atoms with van der Waals surface area (Å²) < 4.78 is 14.5. The number of aryl methyl sites for hydroxylation is 12. The van der Waals surface area contributed by atoms with Crippen molar-refractivity contribution in [1.82, 2.24) is 64.0 Å². The van der Waals surface area contributed by atoms with Gasteiger partial charge < -0.3 is 27.9 Å². The third-order valence-electron chi connectivity index (χ3n) is 11.8. The first kappa shape index (κ1) is 56.4. The van der Waals surface area contributed by atoms with Gasteiger partial charge in [0.15, 0.2) is 5.58 Å². The molecule has 12 heterocycles. The first-order chi connectivity index (χ1) is 36.6. The molecule has 0 bridgehead atoms. The van der Waals surface area contributed by atoms with E-state index >= 15 is 0 Å². The van der Waals surface area contributed by atoms with Crippen LogP contribution in [0.3, 0.4) is 0 Å². The number of aromatic nitrogens is 13. The first-order valence-electron chi connectivity index (χ1n) is 24.6. The van der Waals surface area contributed by atoms with Crippen LogP contribution in [0.4, 0.5) is 0 Å². The molecular formula is C60H67N13O2S. The minimum absolute atomic E-state index is 0.891. The van der Waals surface area contributed by atoms with E-state index in [0.29, 0.717) is 0 Å². The Hall–Kier alpha value is -8.89. The van der Waals surface area contributed by atoms with Gasteiger partial charge in [-0.2, -0.15) is 0 Å². The van der Waals surface area contributed by atoms with Crippen molar-refractivity contribution in [3.63, 3.8) is 0 Å². The van der Waals surface area contributed by atoms with Gasteiger partial charge in [0.05, 0.1) is 23.9 Å². The fourth-order valence-electron chi connectivity index (χ4n) is 7.47. The van der Waals surface area contributed by atoms with E-state index in [0.717, 1.165) is 89.3 Å². The van der Waals surface area contributed by atoms with E-state index in [-0.39, 0.29) is 0 Å². The molecule has 0 aliphatic heterocycles. The van der Waals surface area contributed by atoms with Crippen LogP contribution >= 0.6 is 11.3 Å². The molecule has 12 aromatic heterocycles. The predicted octanol–water partition coefficient (Wildman–Crippen LogP) is 14.5. The number of benzene rings is 1. The normalized spacial score (nSPS) is 10.4. The predicted molar refractivity (Wildman–Crippen MR) is 310 cm³/mol. The highest BCUT2D eigenvalue weighted by atomic mass is 32.1. The van der Waals surface area contributed by atoms with E-state index in [1.807, 2.05) is 141 Å². The van der Waals surface area contributed by atoms with Gasteiger partial charge in [0.1, 0.15) is 40.4 Å². The molecule has 15 nitrogen and oxygen atoms in total. The molecule has 76 heavy (non-hydrogen) atoms. The smallest absolute Gasteiger partial charge is 0.155 e. The summed E-state index contributed by atoms with van der Waals surface area (Å²) in [5, 5.41) is 7.90. The number of nitrogens with zero attached hydrogens (tertiary/aromatic N) is 11. The molecule has 0 aliphatic carbocycles. The highest BCUT2D eigenvalue weighted by molar-refractivity contribution is 7.16. The van der Waals surface area contributed by atoms with E-state index in [1.165, 1.54) is 27.4 Å². The van der Waals surface area contributed by atoms with Gasteiger partial charge in [0.2, 0.25) is 0 Å². The fourth-order valence-corrected chi connectivity index (χ4v) is 8.25. The van der Waals surface area contributed by atoms with Crippen LogP contribution in [-0.2, 0) is 14.1 Å². The second-order valence-corrected chi connectivity index (χ2v) is 18.5. The maximum Gasteiger partial charge on any atom is 0.155 e. The van der Waals surface area contributed by atoms with E-state index in [4.69, 9.17) is 8.83 Å². The second kappa shape index (κ2) is 28.0. The number of rotatable bonds is 1. The molecule has 1 aromatic carbocycles. The molecule has 390 valence electrons. The Morgan fingerprint density at radius 1 is 0.539 bits per heavy atom. The lowest BCUT2D eigenvalue weighted by atomic mass is 10.1. The van der Waals surface area contributed by atoms with Crippen molar-refractivity contribution in [1.29, 1.82) is 0 Å². The number of pyridine rings is 3. The number of allylic oxidation sites excluding steroid dienone is 1. The molecule has 0 atom stereocenters. The molecule has 0 saturated carbocycles. The Morgan fingerprint density at radius 2 is 1.26 bits per heavy atom. The summed E-state index contributed by atoms with van der Waals surface area (Å²) in [6.45, 7) is 22.0. The molecule has 0 unspecified atom stereocenters. The summed E-state index contributed by atoms with van der Waals surface area (Å²) in [6, 6.07) is 24.3. The third-order valence-corrected chi connectivity index (χ3v) is 12.6. The number of hydrogen-bond donors (Lipinski definition) is 2. The van der Waals surface area contributed by atoms with Gasteiger partial charge in [-0.25, -0.2) is 29.9 Å². The topological polar surface area (TPSA) is 184 Å². The maximum absolute atomic E-state index is 5.19. The van der Waals surface area contributed by atoms with Crippen LogP contribution in [0.5, 0.6) is 0 Å². The van der Waals surface area contributed by atoms with E-state index in [9.17, 15) is 0 Å². The van der Waals surface area contributed by atoms with Gasteiger partial charge in [-0.05, 0) is 147 Å². The van der Waals surface area contributed by atoms with Gasteiger partial charge >= 0.3 is 0 Å². The second-order valence-electron chi connectivity index (χ2n) is 17.6. The van der Waals surface area contributed by atoms with Crippen molar-refractivity contribution in [2.24, 2.45) is 14.1 Å². The summed E-state index contributed by atoms with van der Waals surface area (Å²) in [7, 11) is 4.05. The Labute approximate surface area is 448 Å². The SMILES string of the molecule is CC=Cc1cccnc1C.Cc1cc2c(C)ncnc2[nH]1.Cc1cccc2c1ccn2C.Cc1cnc(C)[nH]1.Cc1nccc2ccoc12.Cc1nccc2occc12.Cc1nccn1C.Cc1ncnc2sccc12. The summed E-state index contributed by atoms with van der Waals surface area (Å²) in [5.41, 5.74) is 14.0. The van der Waals surface area contributed by atoms with Gasteiger partial charge in [-0.3, -0.25) is 15.0 Å². The number of imidazole rings is 2. The fraction of sp³-hybridized carbons (Fsp3) is 0.217. The van der Waals surface area contributed by atoms with Gasteiger partial charge in [0.25, 0.3) is 0 Å². The average molecular weight is 1030 g/mol. The summed E-state index contributed by atoms with van der Waals surface area (Å²) in [5.74, 6) is 2.04. The van der Waals surface area contributed by atoms with Crippen LogP contribution in [0.25, 0.3) is 60.2 Å². The van der Waals surface area contributed by atoms with E-state index in [2.05, 4.69) is 128 Å². The number of thiophene rings is 1. The number of hydrogen-bond acceptors (Lipinski definition) is 12. The lowest BCUT2D eigenvalue weighted by Gasteiger charge is -1.96. The quantitative estimate of drug-likeness (QED) is 0.159. The maximum atomic E-state index is 5.19. The summed E-state index contributed by atoms with van der Waals surface area (Å²) >= 11 is 1.65. The number of furan rings is 2. The zero-order valence-electron chi connectivity index (χ0n) is 45.7. The van der Waals surface area contributed by atoms with Gasteiger partial charge in [-0.1, -0.05) is 30.4 Å². The van der Waals surface area contributed by atoms with Gasteiger partial charge in [0, 0.05) is 118 Å². The number of H-pyrrole nitrogens is 2. The number of nitrogens with one attached hydrogen (secondary N) is 2. The van der Waals surface area contributed by atoms with Crippen LogP contribution < -0.4 is 0 Å². The Kier molecular flexibility index (Phi) is 20.8. The van der Waals surface area contributed by atoms with Crippen LogP contribution in [0.15, 0.2) is 162 Å². The largest absolute Gasteiger partial charge is 0.464 e. The minimum Gasteiger partial charge on any atom is -0.464 e. The van der Waals surface area contributed by atoms with E-state index < -0.39 is 0 Å². The molecule has 16 heteroatoms. The molecule has 13 rings (SSSR count). The van der Waals surface area contributed by atoms with Crippen LogP contribution in [0, 0.1) is 69.2 Å². The van der Waals surface area contributed by atoms with Crippen molar-refractivity contribution >= 4 is 71.5 Å². The number of aromatic amines is 2. The molecular weight excluding hydrogens is 967 g/mol. The molecule has 13 aromatic rings. The van der Waals surface area contributed by atoms with Crippen molar-refractivity contribution in [2.45, 2.75) is 76.2 Å². The average Bonchev–Trinajstić information content (AvgIpc) is 4.29. The van der Waals surface area contributed by atoms with Crippen LogP contribution in [-0.4, -0.2) is 64.0 Å². The van der Waals surface area contributed by atoms with Crippen molar-refractivity contribution < 1.29 is 8.83 Å². The summed E-state index contributed by atoms with van der Waals surface area (Å²) in [4.78, 5) is 43.9. The zero-order valence-corrected chi connectivity index (χ0v) is 46.5. The lowest BCUT2D eigenvalue weighted by Crippen LogP contribution is -1.86. The Morgan fingerprint density at radius 3 is 1.88 bits per heavy atom.